The Balaban J connectivity index is 3.29. The summed E-state index contributed by atoms with van der Waals surface area (Å²) in [5.74, 6) is 1.06. The van der Waals surface area contributed by atoms with Crippen LogP contribution in [-0.4, -0.2) is 26.3 Å². The molecule has 0 fully saturated rings. The fraction of sp³-hybridized carbons (Fsp3) is 0.800. The highest BCUT2D eigenvalue weighted by Crippen LogP contribution is 2.08. The summed E-state index contributed by atoms with van der Waals surface area (Å²) < 4.78 is 9.88. The van der Waals surface area contributed by atoms with E-state index in [2.05, 4.69) is 0 Å². The number of hydrogen-bond acceptors (Lipinski definition) is 3. The molecule has 77 valence electrons. The van der Waals surface area contributed by atoms with Crippen molar-refractivity contribution in [2.24, 2.45) is 0 Å². The number of esters is 1. The summed E-state index contributed by atoms with van der Waals surface area (Å²) in [6.07, 6.45) is 2.40. The zero-order valence-electron chi connectivity index (χ0n) is 8.76. The minimum absolute atomic E-state index is 0.133. The topological polar surface area (TPSA) is 35.5 Å². The molecule has 0 N–H and O–H groups in total. The number of carbonyl (C=O) groups excluding carboxylic acids is 1. The van der Waals surface area contributed by atoms with Crippen molar-refractivity contribution in [3.05, 3.63) is 5.92 Å². The van der Waals surface area contributed by atoms with Gasteiger partial charge in [-0.15, -0.1) is 0 Å². The fourth-order valence-electron chi connectivity index (χ4n) is 0.896. The summed E-state index contributed by atoms with van der Waals surface area (Å²) in [5.41, 5.74) is 0. The summed E-state index contributed by atoms with van der Waals surface area (Å²) >= 11 is 0. The Labute approximate surface area is 80.4 Å². The molecule has 3 nitrogen and oxygen atoms in total. The van der Waals surface area contributed by atoms with Gasteiger partial charge in [-0.3, -0.25) is 4.79 Å². The summed E-state index contributed by atoms with van der Waals surface area (Å²) in [4.78, 5) is 10.8. The van der Waals surface area contributed by atoms with Crippen LogP contribution in [0, 0.1) is 5.92 Å². The molecule has 0 aromatic carbocycles. The standard InChI is InChI=1S/C10H19O3/c1-4-10(11)13-8-9(2)6-5-7-12-3/h4-8H2,1-3H3. The molecule has 1 radical (unpaired) electrons. The second-order valence-corrected chi connectivity index (χ2v) is 3.07. The van der Waals surface area contributed by atoms with Gasteiger partial charge in [0.05, 0.1) is 6.61 Å². The molecule has 0 bridgehead atoms. The Morgan fingerprint density at radius 2 is 2.08 bits per heavy atom. The molecular formula is C10H19O3. The van der Waals surface area contributed by atoms with E-state index in [0.29, 0.717) is 13.0 Å². The maximum Gasteiger partial charge on any atom is 0.305 e. The molecule has 0 aliphatic heterocycles. The summed E-state index contributed by atoms with van der Waals surface area (Å²) in [6, 6.07) is 0. The lowest BCUT2D eigenvalue weighted by Gasteiger charge is -2.10. The van der Waals surface area contributed by atoms with Crippen molar-refractivity contribution in [2.75, 3.05) is 20.3 Å². The van der Waals surface area contributed by atoms with E-state index in [-0.39, 0.29) is 5.97 Å². The first-order valence-corrected chi connectivity index (χ1v) is 4.66. The first-order valence-electron chi connectivity index (χ1n) is 4.66. The van der Waals surface area contributed by atoms with Crippen LogP contribution < -0.4 is 0 Å². The lowest BCUT2D eigenvalue weighted by molar-refractivity contribution is -0.142. The van der Waals surface area contributed by atoms with Crippen LogP contribution in [0.2, 0.25) is 0 Å². The van der Waals surface area contributed by atoms with Gasteiger partial charge in [-0.2, -0.15) is 0 Å². The van der Waals surface area contributed by atoms with Gasteiger partial charge in [0.15, 0.2) is 0 Å². The summed E-state index contributed by atoms with van der Waals surface area (Å²) in [5, 5.41) is 0. The van der Waals surface area contributed by atoms with E-state index in [4.69, 9.17) is 9.47 Å². The Morgan fingerprint density at radius 1 is 1.38 bits per heavy atom. The van der Waals surface area contributed by atoms with Crippen molar-refractivity contribution in [3.8, 4) is 0 Å². The highest BCUT2D eigenvalue weighted by Gasteiger charge is 2.05. The van der Waals surface area contributed by atoms with Crippen molar-refractivity contribution in [3.63, 3.8) is 0 Å². The van der Waals surface area contributed by atoms with Crippen LogP contribution in [0.5, 0.6) is 0 Å². The van der Waals surface area contributed by atoms with E-state index < -0.39 is 0 Å². The molecule has 0 aromatic heterocycles. The third-order valence-corrected chi connectivity index (χ3v) is 1.72. The Kier molecular flexibility index (Phi) is 7.69. The zero-order chi connectivity index (χ0) is 10.1. The molecular weight excluding hydrogens is 168 g/mol. The molecule has 0 aromatic rings. The first-order chi connectivity index (χ1) is 6.20. The van der Waals surface area contributed by atoms with Crippen molar-refractivity contribution >= 4 is 5.97 Å². The minimum atomic E-state index is -0.133. The molecule has 0 aliphatic rings. The lowest BCUT2D eigenvalue weighted by atomic mass is 10.1. The SMILES string of the molecule is CCC(=O)OC[C](C)CCCOC. The predicted molar refractivity (Wildman–Crippen MR) is 51.3 cm³/mol. The largest absolute Gasteiger partial charge is 0.465 e. The van der Waals surface area contributed by atoms with Crippen LogP contribution in [0.15, 0.2) is 0 Å². The van der Waals surface area contributed by atoms with Crippen LogP contribution >= 0.6 is 0 Å². The van der Waals surface area contributed by atoms with E-state index in [9.17, 15) is 4.79 Å². The van der Waals surface area contributed by atoms with Crippen molar-refractivity contribution in [2.45, 2.75) is 33.1 Å². The molecule has 13 heavy (non-hydrogen) atoms. The van der Waals surface area contributed by atoms with Gasteiger partial charge in [-0.05, 0) is 12.8 Å². The summed E-state index contributed by atoms with van der Waals surface area (Å²) in [6.45, 7) is 5.01. The molecule has 0 amide bonds. The van der Waals surface area contributed by atoms with Gasteiger partial charge in [0.25, 0.3) is 0 Å². The second kappa shape index (κ2) is 8.05. The number of rotatable bonds is 7. The predicted octanol–water partition coefficient (Wildman–Crippen LogP) is 1.96. The average molecular weight is 187 g/mol. The highest BCUT2D eigenvalue weighted by atomic mass is 16.5. The zero-order valence-corrected chi connectivity index (χ0v) is 8.76. The highest BCUT2D eigenvalue weighted by molar-refractivity contribution is 5.68. The molecule has 0 spiro atoms. The lowest BCUT2D eigenvalue weighted by Crippen LogP contribution is -2.10. The Hall–Kier alpha value is -0.570. The van der Waals surface area contributed by atoms with E-state index in [0.717, 1.165) is 19.4 Å². The van der Waals surface area contributed by atoms with Crippen LogP contribution in [0.4, 0.5) is 0 Å². The van der Waals surface area contributed by atoms with Gasteiger partial charge < -0.3 is 9.47 Å². The fourth-order valence-corrected chi connectivity index (χ4v) is 0.896. The smallest absolute Gasteiger partial charge is 0.305 e. The number of ether oxygens (including phenoxy) is 2. The van der Waals surface area contributed by atoms with Crippen LogP contribution in [0.1, 0.15) is 33.1 Å². The molecule has 0 rings (SSSR count). The molecule has 0 aliphatic carbocycles. The number of hydrogen-bond donors (Lipinski definition) is 0. The number of methoxy groups -OCH3 is 1. The quantitative estimate of drug-likeness (QED) is 0.451. The Bertz CT molecular complexity index is 134. The molecule has 3 heteroatoms. The maximum atomic E-state index is 10.8. The van der Waals surface area contributed by atoms with Gasteiger partial charge in [0.1, 0.15) is 0 Å². The third-order valence-electron chi connectivity index (χ3n) is 1.72. The average Bonchev–Trinajstić information content (AvgIpc) is 2.14. The van der Waals surface area contributed by atoms with E-state index in [1.165, 1.54) is 5.92 Å². The van der Waals surface area contributed by atoms with Gasteiger partial charge in [0.2, 0.25) is 0 Å². The second-order valence-electron chi connectivity index (χ2n) is 3.07. The van der Waals surface area contributed by atoms with Crippen molar-refractivity contribution in [1.29, 1.82) is 0 Å². The number of carbonyl (C=O) groups is 1. The normalized spacial score (nSPS) is 10.5. The third kappa shape index (κ3) is 7.78. The van der Waals surface area contributed by atoms with Gasteiger partial charge in [-0.1, -0.05) is 13.8 Å². The molecule has 0 heterocycles. The molecule has 0 unspecified atom stereocenters. The van der Waals surface area contributed by atoms with E-state index >= 15 is 0 Å². The maximum absolute atomic E-state index is 10.8. The Morgan fingerprint density at radius 3 is 2.62 bits per heavy atom. The van der Waals surface area contributed by atoms with Crippen LogP contribution in [0.3, 0.4) is 0 Å². The van der Waals surface area contributed by atoms with Gasteiger partial charge >= 0.3 is 5.97 Å². The van der Waals surface area contributed by atoms with Gasteiger partial charge in [0, 0.05) is 26.1 Å². The summed E-state index contributed by atoms with van der Waals surface area (Å²) in [7, 11) is 1.69. The van der Waals surface area contributed by atoms with E-state index in [1.807, 2.05) is 6.92 Å². The van der Waals surface area contributed by atoms with Crippen LogP contribution in [-0.2, 0) is 14.3 Å². The molecule has 0 atom stereocenters. The van der Waals surface area contributed by atoms with Crippen molar-refractivity contribution < 1.29 is 14.3 Å². The molecule has 0 saturated carbocycles. The van der Waals surface area contributed by atoms with Gasteiger partial charge in [-0.25, -0.2) is 0 Å². The first kappa shape index (κ1) is 12.4. The minimum Gasteiger partial charge on any atom is -0.465 e. The molecule has 0 saturated heterocycles. The van der Waals surface area contributed by atoms with E-state index in [1.54, 1.807) is 14.0 Å². The monoisotopic (exact) mass is 187 g/mol. The van der Waals surface area contributed by atoms with Crippen LogP contribution in [0.25, 0.3) is 0 Å². The van der Waals surface area contributed by atoms with Crippen molar-refractivity contribution in [1.82, 2.24) is 0 Å².